The van der Waals surface area contributed by atoms with Crippen LogP contribution in [-0.2, 0) is 52.5 Å². The fourth-order valence-electron chi connectivity index (χ4n) is 11.7. The fourth-order valence-corrected chi connectivity index (χ4v) is 11.7. The molecule has 2 saturated heterocycles. The number of carbonyl (C=O) groups is 6. The van der Waals surface area contributed by atoms with E-state index in [0.29, 0.717) is 141 Å². The quantitative estimate of drug-likeness (QED) is 0.111. The summed E-state index contributed by atoms with van der Waals surface area (Å²) in [6.07, 6.45) is 42.2. The van der Waals surface area contributed by atoms with E-state index < -0.39 is 0 Å². The first-order valence-electron chi connectivity index (χ1n) is 37.0. The molecule has 2 fully saturated rings. The zero-order valence-corrected chi connectivity index (χ0v) is 58.5. The summed E-state index contributed by atoms with van der Waals surface area (Å²) in [5, 5.41) is 26.7. The molecule has 1 amide bonds. The Kier molecular flexibility index (Phi) is 58.0. The standard InChI is InChI=1S/C39H75N3O6.C33H63N3O6/c1-34-22-16-10-4-7-13-19-26-38(44)47-32-29-41-36(3)24-18-12-6-9-15-21-27-39(45)48-33-30-42-35(2)23-17-11-5-8-14-20-25-37(43)46-31-28-40-34;1-28-16-12-8-4-6-10-14-18-31(38)36(24-25-37)30(3)17-13-9-5-7-11-15-19-32(39)41-26-23-35-29(2)20-21-33(40)42-27-22-34-28/h34-36,40-42H,4-33H2,1-3H3;28-30,34-35,37H,4-27H2,1-3H3. The summed E-state index contributed by atoms with van der Waals surface area (Å²) in [6.45, 7) is 18.7. The van der Waals surface area contributed by atoms with Crippen LogP contribution in [-0.4, -0.2) is 161 Å². The molecule has 6 N–H and O–H groups in total. The largest absolute Gasteiger partial charge is 0.464 e. The van der Waals surface area contributed by atoms with Gasteiger partial charge in [-0.2, -0.15) is 0 Å². The zero-order chi connectivity index (χ0) is 65.8. The monoisotopic (exact) mass is 1280 g/mol. The van der Waals surface area contributed by atoms with Crippen LogP contribution in [0.25, 0.3) is 0 Å². The Hall–Kier alpha value is -3.42. The second-order valence-corrected chi connectivity index (χ2v) is 26.4. The van der Waals surface area contributed by atoms with Gasteiger partial charge in [-0.25, -0.2) is 0 Å². The van der Waals surface area contributed by atoms with Crippen molar-refractivity contribution in [3.8, 4) is 0 Å². The van der Waals surface area contributed by atoms with Gasteiger partial charge in [0.25, 0.3) is 0 Å². The Labute approximate surface area is 548 Å². The zero-order valence-electron chi connectivity index (χ0n) is 58.5. The lowest BCUT2D eigenvalue weighted by molar-refractivity contribution is -0.144. The normalized spacial score (nSPS) is 26.7. The van der Waals surface area contributed by atoms with E-state index in [-0.39, 0.29) is 54.4 Å². The van der Waals surface area contributed by atoms with Crippen molar-refractivity contribution in [3.05, 3.63) is 0 Å². The minimum absolute atomic E-state index is 0.00652. The van der Waals surface area contributed by atoms with Crippen LogP contribution in [0.15, 0.2) is 0 Å². The van der Waals surface area contributed by atoms with Crippen LogP contribution < -0.4 is 26.6 Å². The van der Waals surface area contributed by atoms with Crippen molar-refractivity contribution < 1.29 is 57.6 Å². The molecule has 2 aliphatic heterocycles. The summed E-state index contributed by atoms with van der Waals surface area (Å²) >= 11 is 0. The van der Waals surface area contributed by atoms with E-state index >= 15 is 0 Å². The highest BCUT2D eigenvalue weighted by atomic mass is 16.5. The SMILES string of the molecule is CC1CCCCCCCCC(=O)N(CCO)C(C)CCCCCCCCC(=O)OCCNC(C)CCC(=O)OCCN1.CC1CCCCCCCCC(=O)OCCNC(C)CCCCCCCCC(=O)OCCNC(C)CCCCCCCCC(=O)OCCN1. The number of ether oxygens (including phenoxy) is 5. The van der Waals surface area contributed by atoms with Gasteiger partial charge in [0.05, 0.1) is 6.61 Å². The molecule has 0 spiro atoms. The molecular weight excluding hydrogens is 1140 g/mol. The summed E-state index contributed by atoms with van der Waals surface area (Å²) < 4.78 is 26.9. The van der Waals surface area contributed by atoms with Gasteiger partial charge in [-0.1, -0.05) is 161 Å². The molecule has 0 saturated carbocycles. The number of hydrogen-bond donors (Lipinski definition) is 6. The van der Waals surface area contributed by atoms with Crippen molar-refractivity contribution in [1.29, 1.82) is 0 Å². The van der Waals surface area contributed by atoms with Gasteiger partial charge < -0.3 is 60.3 Å². The summed E-state index contributed by atoms with van der Waals surface area (Å²) in [5.41, 5.74) is 0. The molecule has 2 heterocycles. The van der Waals surface area contributed by atoms with Crippen LogP contribution in [0.2, 0.25) is 0 Å². The summed E-state index contributed by atoms with van der Waals surface area (Å²) in [5.74, 6) is -0.411. The molecule has 528 valence electrons. The van der Waals surface area contributed by atoms with Gasteiger partial charge in [0.1, 0.15) is 33.0 Å². The van der Waals surface area contributed by atoms with Gasteiger partial charge in [0.2, 0.25) is 5.91 Å². The first-order chi connectivity index (χ1) is 43.7. The van der Waals surface area contributed by atoms with E-state index in [4.69, 9.17) is 23.7 Å². The number of nitrogens with zero attached hydrogens (tertiary/aromatic N) is 1. The molecule has 0 aromatic heterocycles. The number of cyclic esters (lactones) is 5. The first kappa shape index (κ1) is 84.6. The van der Waals surface area contributed by atoms with Gasteiger partial charge >= 0.3 is 29.8 Å². The molecule has 0 aromatic carbocycles. The van der Waals surface area contributed by atoms with Crippen molar-refractivity contribution in [2.75, 3.05) is 78.9 Å². The molecule has 0 aromatic rings. The first-order valence-corrected chi connectivity index (χ1v) is 37.0. The average molecular weight is 1280 g/mol. The van der Waals surface area contributed by atoms with E-state index in [1.165, 1.54) is 77.0 Å². The van der Waals surface area contributed by atoms with E-state index in [1.54, 1.807) is 0 Å². The molecule has 6 unspecified atom stereocenters. The van der Waals surface area contributed by atoms with Crippen LogP contribution in [0, 0.1) is 0 Å². The molecule has 6 atom stereocenters. The molecule has 2 rings (SSSR count). The van der Waals surface area contributed by atoms with Crippen molar-refractivity contribution in [1.82, 2.24) is 31.5 Å². The van der Waals surface area contributed by atoms with Crippen LogP contribution in [0.5, 0.6) is 0 Å². The molecule has 0 bridgehead atoms. The molecule has 18 heteroatoms. The number of β-amino-alcohol motifs (C(OH)–C–C–N with tert-alkyl or cyclic N) is 1. The lowest BCUT2D eigenvalue weighted by Gasteiger charge is -2.29. The Balaban J connectivity index is 0.000000908. The Morgan fingerprint density at radius 1 is 0.300 bits per heavy atom. The summed E-state index contributed by atoms with van der Waals surface area (Å²) in [7, 11) is 0. The highest BCUT2D eigenvalue weighted by molar-refractivity contribution is 5.76. The third-order valence-corrected chi connectivity index (χ3v) is 17.6. The summed E-state index contributed by atoms with van der Waals surface area (Å²) in [4.78, 5) is 74.9. The van der Waals surface area contributed by atoms with E-state index in [2.05, 4.69) is 61.2 Å². The predicted molar refractivity (Wildman–Crippen MR) is 364 cm³/mol. The fraction of sp³-hybridized carbons (Fsp3) is 0.917. The lowest BCUT2D eigenvalue weighted by Crippen LogP contribution is -2.40. The smallest absolute Gasteiger partial charge is 0.305 e. The topological polar surface area (TPSA) is 232 Å². The van der Waals surface area contributed by atoms with Crippen LogP contribution in [0.3, 0.4) is 0 Å². The molecule has 18 nitrogen and oxygen atoms in total. The lowest BCUT2D eigenvalue weighted by atomic mass is 10.0. The third-order valence-electron chi connectivity index (χ3n) is 17.6. The number of amides is 1. The highest BCUT2D eigenvalue weighted by Crippen LogP contribution is 2.18. The maximum atomic E-state index is 12.8. The Morgan fingerprint density at radius 3 is 0.800 bits per heavy atom. The van der Waals surface area contributed by atoms with E-state index in [9.17, 15) is 33.9 Å². The molecule has 0 aliphatic carbocycles. The highest BCUT2D eigenvalue weighted by Gasteiger charge is 2.19. The number of aliphatic hydroxyl groups is 1. The van der Waals surface area contributed by atoms with Crippen LogP contribution in [0.1, 0.15) is 311 Å². The Morgan fingerprint density at radius 2 is 0.522 bits per heavy atom. The van der Waals surface area contributed by atoms with E-state index in [1.807, 2.05) is 11.8 Å². The maximum absolute atomic E-state index is 12.8. The molecule has 2 aliphatic rings. The van der Waals surface area contributed by atoms with Crippen LogP contribution in [0.4, 0.5) is 0 Å². The number of aliphatic hydroxyl groups excluding tert-OH is 1. The second-order valence-electron chi connectivity index (χ2n) is 26.4. The molecule has 0 radical (unpaired) electrons. The van der Waals surface area contributed by atoms with Crippen molar-refractivity contribution in [2.24, 2.45) is 0 Å². The number of carbonyl (C=O) groups excluding carboxylic acids is 6. The minimum atomic E-state index is -0.177. The molecule has 90 heavy (non-hydrogen) atoms. The van der Waals surface area contributed by atoms with Crippen molar-refractivity contribution >= 4 is 35.8 Å². The number of nitrogens with one attached hydrogen (secondary N) is 5. The second kappa shape index (κ2) is 61.7. The average Bonchev–Trinajstić information content (AvgIpc) is 3.67. The molecular formula is C72H138N6O12. The number of esters is 5. The van der Waals surface area contributed by atoms with Gasteiger partial charge in [-0.15, -0.1) is 0 Å². The van der Waals surface area contributed by atoms with E-state index in [0.717, 1.165) is 148 Å². The maximum Gasteiger partial charge on any atom is 0.305 e. The van der Waals surface area contributed by atoms with Crippen molar-refractivity contribution in [2.45, 2.75) is 347 Å². The van der Waals surface area contributed by atoms with Gasteiger partial charge in [-0.05, 0) is 112 Å². The van der Waals surface area contributed by atoms with Gasteiger partial charge in [0.15, 0.2) is 0 Å². The predicted octanol–water partition coefficient (Wildman–Crippen LogP) is 13.2. The minimum Gasteiger partial charge on any atom is -0.464 e. The Bertz CT molecular complexity index is 1630. The van der Waals surface area contributed by atoms with Gasteiger partial charge in [-0.3, -0.25) is 28.8 Å². The summed E-state index contributed by atoms with van der Waals surface area (Å²) in [6, 6.07) is 1.94. The van der Waals surface area contributed by atoms with Crippen molar-refractivity contribution in [3.63, 3.8) is 0 Å². The van der Waals surface area contributed by atoms with Gasteiger partial charge in [0, 0.05) is 114 Å². The number of hydrogen-bond acceptors (Lipinski definition) is 17. The van der Waals surface area contributed by atoms with Crippen LogP contribution >= 0.6 is 0 Å². The number of rotatable bonds is 2. The third kappa shape index (κ3) is 56.1.